The lowest BCUT2D eigenvalue weighted by Crippen LogP contribution is -2.35. The molecule has 1 aromatic heterocycles. The fourth-order valence-electron chi connectivity index (χ4n) is 3.99. The van der Waals surface area contributed by atoms with Gasteiger partial charge in [0.1, 0.15) is 12.4 Å². The summed E-state index contributed by atoms with van der Waals surface area (Å²) >= 11 is 1.80. The molecule has 0 bridgehead atoms. The van der Waals surface area contributed by atoms with Gasteiger partial charge < -0.3 is 9.84 Å². The number of aliphatic carboxylic acids is 1. The van der Waals surface area contributed by atoms with Crippen LogP contribution in [0, 0.1) is 6.92 Å². The Labute approximate surface area is 201 Å². The number of hydrogen-bond acceptors (Lipinski definition) is 4. The van der Waals surface area contributed by atoms with Gasteiger partial charge in [-0.05, 0) is 94.6 Å². The van der Waals surface area contributed by atoms with Gasteiger partial charge in [0, 0.05) is 22.2 Å². The van der Waals surface area contributed by atoms with Crippen LogP contribution in [0.3, 0.4) is 0 Å². The zero-order valence-electron chi connectivity index (χ0n) is 19.7. The molecule has 0 radical (unpaired) electrons. The van der Waals surface area contributed by atoms with Gasteiger partial charge in [0.2, 0.25) is 0 Å². The molecule has 33 heavy (non-hydrogen) atoms. The van der Waals surface area contributed by atoms with Crippen LogP contribution < -0.4 is 4.74 Å². The molecule has 1 aliphatic heterocycles. The van der Waals surface area contributed by atoms with Gasteiger partial charge in [-0.2, -0.15) is 0 Å². The quantitative estimate of drug-likeness (QED) is 0.462. The lowest BCUT2D eigenvalue weighted by molar-refractivity contribution is -0.137. The summed E-state index contributed by atoms with van der Waals surface area (Å²) in [5.41, 5.74) is 2.65. The number of hydrogen-bond donors (Lipinski definition) is 1. The summed E-state index contributed by atoms with van der Waals surface area (Å²) < 4.78 is 5.99. The first-order chi connectivity index (χ1) is 16.0. The Morgan fingerprint density at radius 3 is 2.67 bits per heavy atom. The number of ether oxygens (including phenoxy) is 1. The third kappa shape index (κ3) is 8.67. The van der Waals surface area contributed by atoms with Crippen molar-refractivity contribution in [3.63, 3.8) is 0 Å². The molecule has 1 saturated heterocycles. The van der Waals surface area contributed by atoms with E-state index in [4.69, 9.17) is 9.84 Å². The van der Waals surface area contributed by atoms with E-state index >= 15 is 0 Å². The third-order valence-corrected chi connectivity index (χ3v) is 6.89. The molecule has 1 unspecified atom stereocenters. The Hall–Kier alpha value is -2.63. The van der Waals surface area contributed by atoms with E-state index in [9.17, 15) is 4.79 Å². The van der Waals surface area contributed by atoms with Gasteiger partial charge in [-0.1, -0.05) is 36.0 Å². The van der Waals surface area contributed by atoms with Gasteiger partial charge in [-0.15, -0.1) is 11.3 Å². The van der Waals surface area contributed by atoms with Crippen molar-refractivity contribution < 1.29 is 14.6 Å². The monoisotopic (exact) mass is 465 g/mol. The summed E-state index contributed by atoms with van der Waals surface area (Å²) in [6, 6.07) is 13.0. The van der Waals surface area contributed by atoms with Gasteiger partial charge in [0.05, 0.1) is 0 Å². The first-order valence-electron chi connectivity index (χ1n) is 11.8. The molecule has 1 aliphatic carbocycles. The number of carboxylic acid groups (broad SMARTS) is 1. The topological polar surface area (TPSA) is 49.8 Å². The van der Waals surface area contributed by atoms with Crippen molar-refractivity contribution in [1.29, 1.82) is 0 Å². The van der Waals surface area contributed by atoms with Crippen LogP contribution in [0.15, 0.2) is 72.4 Å². The van der Waals surface area contributed by atoms with E-state index in [0.717, 1.165) is 38.1 Å². The summed E-state index contributed by atoms with van der Waals surface area (Å²) in [5.74, 6) is 0.183. The minimum absolute atomic E-state index is 0.244. The number of rotatable bonds is 8. The second kappa shape index (κ2) is 13.2. The smallest absolute Gasteiger partial charge is 0.303 e. The number of benzene rings is 1. The minimum Gasteiger partial charge on any atom is -0.492 e. The number of carbonyl (C=O) groups is 1. The zero-order chi connectivity index (χ0) is 23.5. The van der Waals surface area contributed by atoms with E-state index < -0.39 is 5.97 Å². The SMILES string of the molecule is CC1=CC=CC=CC1.Cc1ccc(-c2ccc(OCC3CCCN3CCCC(=O)O)cc2)s1. The summed E-state index contributed by atoms with van der Waals surface area (Å²) in [6.45, 7) is 6.82. The highest BCUT2D eigenvalue weighted by Gasteiger charge is 2.24. The molecular formula is C28H35NO3S. The van der Waals surface area contributed by atoms with Crippen LogP contribution in [0.5, 0.6) is 5.75 Å². The Morgan fingerprint density at radius 2 is 1.94 bits per heavy atom. The van der Waals surface area contributed by atoms with Crippen molar-refractivity contribution in [2.75, 3.05) is 19.7 Å². The van der Waals surface area contributed by atoms with Crippen LogP contribution in [-0.4, -0.2) is 41.7 Å². The third-order valence-electron chi connectivity index (χ3n) is 5.84. The fraction of sp³-hybridized carbons (Fsp3) is 0.393. The van der Waals surface area contributed by atoms with Gasteiger partial charge >= 0.3 is 5.97 Å². The van der Waals surface area contributed by atoms with Crippen LogP contribution in [0.25, 0.3) is 10.4 Å². The van der Waals surface area contributed by atoms with Crippen LogP contribution in [0.2, 0.25) is 0 Å². The lowest BCUT2D eigenvalue weighted by Gasteiger charge is -2.24. The normalized spacial score (nSPS) is 17.8. The van der Waals surface area contributed by atoms with Crippen LogP contribution in [0.1, 0.15) is 43.9 Å². The maximum atomic E-state index is 10.7. The predicted octanol–water partition coefficient (Wildman–Crippen LogP) is 6.88. The summed E-state index contributed by atoms with van der Waals surface area (Å²) in [6.07, 6.45) is 14.8. The van der Waals surface area contributed by atoms with Crippen molar-refractivity contribution in [2.24, 2.45) is 0 Å². The van der Waals surface area contributed by atoms with Gasteiger partial charge in [0.25, 0.3) is 0 Å². The summed E-state index contributed by atoms with van der Waals surface area (Å²) in [7, 11) is 0. The maximum absolute atomic E-state index is 10.7. The number of thiophene rings is 1. The molecule has 5 heteroatoms. The second-order valence-electron chi connectivity index (χ2n) is 8.61. The molecule has 4 nitrogen and oxygen atoms in total. The van der Waals surface area contributed by atoms with E-state index in [2.05, 4.69) is 73.4 Å². The number of carboxylic acids is 1. The maximum Gasteiger partial charge on any atom is 0.303 e. The number of aryl methyl sites for hydroxylation is 1. The first-order valence-corrected chi connectivity index (χ1v) is 12.6. The van der Waals surface area contributed by atoms with Gasteiger partial charge in [-0.25, -0.2) is 0 Å². The molecule has 2 heterocycles. The van der Waals surface area contributed by atoms with E-state index in [1.165, 1.54) is 20.9 Å². The molecule has 0 amide bonds. The molecule has 0 saturated carbocycles. The Balaban J connectivity index is 0.000000323. The standard InChI is InChI=1S/C20H25NO3S.C8H10/c1-15-6-11-19(25-15)16-7-9-18(10-8-16)24-14-17-4-2-12-21(17)13-3-5-20(22)23;1-8-6-4-2-3-5-7-8/h6-11,17H,2-5,12-14H2,1H3,(H,22,23);2-6H,7H2,1H3. The number of nitrogens with zero attached hydrogens (tertiary/aromatic N) is 1. The average Bonchev–Trinajstić information content (AvgIpc) is 3.37. The first kappa shape index (κ1) is 25.0. The van der Waals surface area contributed by atoms with Crippen LogP contribution in [-0.2, 0) is 4.79 Å². The van der Waals surface area contributed by atoms with Crippen LogP contribution >= 0.6 is 11.3 Å². The molecule has 1 fully saturated rings. The number of likely N-dealkylation sites (tertiary alicyclic amines) is 1. The minimum atomic E-state index is -0.715. The second-order valence-corrected chi connectivity index (χ2v) is 9.89. The van der Waals surface area contributed by atoms with Crippen molar-refractivity contribution in [2.45, 2.75) is 52.0 Å². The Morgan fingerprint density at radius 1 is 1.12 bits per heavy atom. The predicted molar refractivity (Wildman–Crippen MR) is 138 cm³/mol. The molecule has 2 aromatic rings. The molecule has 176 valence electrons. The van der Waals surface area contributed by atoms with E-state index in [0.29, 0.717) is 19.1 Å². The Bertz CT molecular complexity index is 971. The van der Waals surface area contributed by atoms with Gasteiger partial charge in [-0.3, -0.25) is 9.69 Å². The van der Waals surface area contributed by atoms with E-state index in [1.807, 2.05) is 12.1 Å². The van der Waals surface area contributed by atoms with E-state index in [1.54, 1.807) is 11.3 Å². The summed E-state index contributed by atoms with van der Waals surface area (Å²) in [5, 5.41) is 8.77. The van der Waals surface area contributed by atoms with Crippen molar-refractivity contribution in [3.05, 3.63) is 77.2 Å². The van der Waals surface area contributed by atoms with Gasteiger partial charge in [0.15, 0.2) is 0 Å². The van der Waals surface area contributed by atoms with Crippen LogP contribution in [0.4, 0.5) is 0 Å². The molecule has 1 atom stereocenters. The largest absolute Gasteiger partial charge is 0.492 e. The molecule has 1 N–H and O–H groups in total. The molecule has 4 rings (SSSR count). The van der Waals surface area contributed by atoms with Crippen molar-refractivity contribution in [1.82, 2.24) is 4.90 Å². The van der Waals surface area contributed by atoms with E-state index in [-0.39, 0.29) is 6.42 Å². The lowest BCUT2D eigenvalue weighted by atomic mass is 10.2. The fourth-order valence-corrected chi connectivity index (χ4v) is 4.87. The highest BCUT2D eigenvalue weighted by molar-refractivity contribution is 7.15. The average molecular weight is 466 g/mol. The van der Waals surface area contributed by atoms with Crippen molar-refractivity contribution >= 4 is 17.3 Å². The molecular weight excluding hydrogens is 430 g/mol. The van der Waals surface area contributed by atoms with Crippen molar-refractivity contribution in [3.8, 4) is 16.2 Å². The zero-order valence-corrected chi connectivity index (χ0v) is 20.5. The summed E-state index contributed by atoms with van der Waals surface area (Å²) in [4.78, 5) is 15.6. The highest BCUT2D eigenvalue weighted by Crippen LogP contribution is 2.29. The molecule has 2 aliphatic rings. The Kier molecular flexibility index (Phi) is 9.98. The number of allylic oxidation sites excluding steroid dienone is 6. The highest BCUT2D eigenvalue weighted by atomic mass is 32.1. The molecule has 0 spiro atoms. The molecule has 1 aromatic carbocycles.